The minimum absolute atomic E-state index is 0.102. The summed E-state index contributed by atoms with van der Waals surface area (Å²) in [6.07, 6.45) is 6.02. The Hall–Kier alpha value is -1.82. The molecule has 0 unspecified atom stereocenters. The quantitative estimate of drug-likeness (QED) is 0.442. The molecule has 1 heterocycles. The van der Waals surface area contributed by atoms with Gasteiger partial charge in [0.1, 0.15) is 17.9 Å². The number of nitrogens with zero attached hydrogens (tertiary/aromatic N) is 1. The second-order valence-corrected chi connectivity index (χ2v) is 9.24. The van der Waals surface area contributed by atoms with Gasteiger partial charge in [-0.3, -0.25) is 9.59 Å². The van der Waals surface area contributed by atoms with E-state index in [-0.39, 0.29) is 18.5 Å². The number of ether oxygens (including phenoxy) is 2. The number of benzene rings is 1. The Balaban J connectivity index is 2.06. The zero-order valence-electron chi connectivity index (χ0n) is 17.0. The van der Waals surface area contributed by atoms with Gasteiger partial charge < -0.3 is 14.0 Å². The van der Waals surface area contributed by atoms with Crippen LogP contribution in [0.2, 0.25) is 0 Å². The fraction of sp³-hybridized carbons (Fsp3) is 0.545. The van der Waals surface area contributed by atoms with Crippen molar-refractivity contribution in [1.29, 1.82) is 0 Å². The van der Waals surface area contributed by atoms with Crippen LogP contribution in [-0.4, -0.2) is 22.1 Å². The maximum atomic E-state index is 12.5. The van der Waals surface area contributed by atoms with Crippen molar-refractivity contribution in [2.45, 2.75) is 77.9 Å². The van der Waals surface area contributed by atoms with Crippen LogP contribution in [0.25, 0.3) is 10.9 Å². The molecule has 5 nitrogen and oxygen atoms in total. The van der Waals surface area contributed by atoms with Crippen LogP contribution in [-0.2, 0) is 20.9 Å². The van der Waals surface area contributed by atoms with Gasteiger partial charge in [0.15, 0.2) is 0 Å². The largest absolute Gasteiger partial charge is 0.459 e. The van der Waals surface area contributed by atoms with E-state index in [1.807, 2.05) is 43.5 Å². The van der Waals surface area contributed by atoms with Crippen molar-refractivity contribution in [2.75, 3.05) is 0 Å². The molecule has 6 heteroatoms. The molecule has 152 valence electrons. The summed E-state index contributed by atoms with van der Waals surface area (Å²) in [5.74, 6) is 0.282. The number of carbonyl (C=O) groups is 2. The molecular weight excluding hydrogens is 422 g/mol. The Morgan fingerprint density at radius 2 is 1.86 bits per heavy atom. The minimum atomic E-state index is -0.540. The molecule has 1 saturated carbocycles. The topological polar surface area (TPSA) is 57.5 Å². The highest BCUT2D eigenvalue weighted by atomic mass is 79.9. The monoisotopic (exact) mass is 449 g/mol. The number of esters is 2. The van der Waals surface area contributed by atoms with Gasteiger partial charge in [0, 0.05) is 18.4 Å². The molecule has 0 radical (unpaired) electrons. The molecule has 0 saturated heterocycles. The summed E-state index contributed by atoms with van der Waals surface area (Å²) in [6, 6.07) is 5.65. The SMILES string of the molecule is CC(=O)Oc1ccc2c(C3CCCCC3)c(Br)n(CC(=O)OC(C)(C)C)c2c1. The van der Waals surface area contributed by atoms with Crippen molar-refractivity contribution in [2.24, 2.45) is 0 Å². The van der Waals surface area contributed by atoms with Gasteiger partial charge in [0.05, 0.1) is 10.1 Å². The predicted octanol–water partition coefficient (Wildman–Crippen LogP) is 5.72. The Morgan fingerprint density at radius 1 is 1.18 bits per heavy atom. The van der Waals surface area contributed by atoms with Crippen LogP contribution in [0.5, 0.6) is 5.75 Å². The van der Waals surface area contributed by atoms with E-state index < -0.39 is 5.60 Å². The molecular formula is C22H28BrNO4. The lowest BCUT2D eigenvalue weighted by Gasteiger charge is -2.22. The molecule has 0 amide bonds. The Bertz CT molecular complexity index is 888. The van der Waals surface area contributed by atoms with Crippen LogP contribution in [0.4, 0.5) is 0 Å². The lowest BCUT2D eigenvalue weighted by Crippen LogP contribution is -2.26. The first-order valence-corrected chi connectivity index (χ1v) is 10.7. The first-order chi connectivity index (χ1) is 13.2. The second kappa shape index (κ2) is 8.27. The molecule has 1 aromatic heterocycles. The first kappa shape index (κ1) is 20.9. The van der Waals surface area contributed by atoms with Gasteiger partial charge >= 0.3 is 11.9 Å². The molecule has 1 aromatic carbocycles. The molecule has 0 aliphatic heterocycles. The smallest absolute Gasteiger partial charge is 0.326 e. The van der Waals surface area contributed by atoms with Gasteiger partial charge in [0.25, 0.3) is 0 Å². The van der Waals surface area contributed by atoms with E-state index in [0.717, 1.165) is 28.3 Å². The zero-order valence-corrected chi connectivity index (χ0v) is 18.6. The number of rotatable bonds is 4. The maximum Gasteiger partial charge on any atom is 0.326 e. The molecule has 0 atom stereocenters. The summed E-state index contributed by atoms with van der Waals surface area (Å²) in [4.78, 5) is 23.9. The summed E-state index contributed by atoms with van der Waals surface area (Å²) in [5.41, 5.74) is 1.58. The number of halogens is 1. The molecule has 3 rings (SSSR count). The van der Waals surface area contributed by atoms with Crippen LogP contribution in [0.3, 0.4) is 0 Å². The van der Waals surface area contributed by atoms with Crippen molar-refractivity contribution >= 4 is 38.8 Å². The summed E-state index contributed by atoms with van der Waals surface area (Å²) < 4.78 is 13.7. The highest BCUT2D eigenvalue weighted by Gasteiger charge is 2.26. The fourth-order valence-electron chi connectivity index (χ4n) is 3.99. The van der Waals surface area contributed by atoms with Gasteiger partial charge in [-0.15, -0.1) is 0 Å². The minimum Gasteiger partial charge on any atom is -0.459 e. The van der Waals surface area contributed by atoms with Crippen molar-refractivity contribution < 1.29 is 19.1 Å². The standard InChI is InChI=1S/C22H28BrNO4/c1-14(25)27-16-10-11-17-18(12-16)24(13-19(26)28-22(2,3)4)21(23)20(17)15-8-6-5-7-9-15/h10-12,15H,5-9,13H2,1-4H3. The molecule has 28 heavy (non-hydrogen) atoms. The first-order valence-electron chi connectivity index (χ1n) is 9.87. The predicted molar refractivity (Wildman–Crippen MR) is 113 cm³/mol. The number of fused-ring (bicyclic) bond motifs is 1. The normalized spacial score (nSPS) is 15.6. The summed E-state index contributed by atoms with van der Waals surface area (Å²) >= 11 is 3.76. The Labute approximate surface area is 174 Å². The van der Waals surface area contributed by atoms with Crippen LogP contribution < -0.4 is 4.74 Å². The number of hydrogen-bond acceptors (Lipinski definition) is 4. The van der Waals surface area contributed by atoms with Crippen molar-refractivity contribution in [3.63, 3.8) is 0 Å². The molecule has 2 aromatic rings. The fourth-order valence-corrected chi connectivity index (χ4v) is 4.85. The highest BCUT2D eigenvalue weighted by molar-refractivity contribution is 9.10. The third kappa shape index (κ3) is 4.77. The average molecular weight is 450 g/mol. The van der Waals surface area contributed by atoms with E-state index in [4.69, 9.17) is 9.47 Å². The highest BCUT2D eigenvalue weighted by Crippen LogP contribution is 2.43. The van der Waals surface area contributed by atoms with Gasteiger partial charge in [-0.1, -0.05) is 19.3 Å². The lowest BCUT2D eigenvalue weighted by atomic mass is 9.84. The Kier molecular flexibility index (Phi) is 6.18. The number of hydrogen-bond donors (Lipinski definition) is 0. The van der Waals surface area contributed by atoms with Crippen molar-refractivity contribution in [3.8, 4) is 5.75 Å². The molecule has 1 aliphatic rings. The summed E-state index contributed by atoms with van der Waals surface area (Å²) in [5, 5.41) is 1.10. The van der Waals surface area contributed by atoms with Crippen LogP contribution in [0, 0.1) is 0 Å². The van der Waals surface area contributed by atoms with E-state index in [2.05, 4.69) is 15.9 Å². The van der Waals surface area contributed by atoms with Crippen LogP contribution in [0.15, 0.2) is 22.8 Å². The van der Waals surface area contributed by atoms with Crippen LogP contribution in [0.1, 0.15) is 71.3 Å². The third-order valence-electron chi connectivity index (χ3n) is 4.99. The van der Waals surface area contributed by atoms with Gasteiger partial charge in [-0.2, -0.15) is 0 Å². The molecule has 0 bridgehead atoms. The van der Waals surface area contributed by atoms with E-state index in [0.29, 0.717) is 11.7 Å². The van der Waals surface area contributed by atoms with Gasteiger partial charge in [0.2, 0.25) is 0 Å². The number of carbonyl (C=O) groups excluding carboxylic acids is 2. The van der Waals surface area contributed by atoms with Gasteiger partial charge in [-0.25, -0.2) is 0 Å². The van der Waals surface area contributed by atoms with E-state index in [1.165, 1.54) is 31.7 Å². The molecule has 1 aliphatic carbocycles. The summed E-state index contributed by atoms with van der Waals surface area (Å²) in [6.45, 7) is 7.07. The molecule has 1 fully saturated rings. The van der Waals surface area contributed by atoms with Gasteiger partial charge in [-0.05, 0) is 73.2 Å². The summed E-state index contributed by atoms with van der Waals surface area (Å²) in [7, 11) is 0. The van der Waals surface area contributed by atoms with E-state index in [1.54, 1.807) is 0 Å². The van der Waals surface area contributed by atoms with E-state index >= 15 is 0 Å². The average Bonchev–Trinajstić information content (AvgIpc) is 2.85. The van der Waals surface area contributed by atoms with Crippen molar-refractivity contribution in [1.82, 2.24) is 4.57 Å². The number of aromatic nitrogens is 1. The zero-order chi connectivity index (χ0) is 20.5. The van der Waals surface area contributed by atoms with E-state index in [9.17, 15) is 9.59 Å². The lowest BCUT2D eigenvalue weighted by molar-refractivity contribution is -0.155. The maximum absolute atomic E-state index is 12.5. The van der Waals surface area contributed by atoms with Crippen molar-refractivity contribution in [3.05, 3.63) is 28.4 Å². The Morgan fingerprint density at radius 3 is 2.46 bits per heavy atom. The molecule has 0 spiro atoms. The second-order valence-electron chi connectivity index (χ2n) is 8.48. The van der Waals surface area contributed by atoms with Crippen LogP contribution >= 0.6 is 15.9 Å². The third-order valence-corrected chi connectivity index (χ3v) is 5.85. The molecule has 0 N–H and O–H groups in total.